The molecular formula is C28H28N2O7. The second-order valence-electron chi connectivity index (χ2n) is 8.08. The van der Waals surface area contributed by atoms with Crippen molar-refractivity contribution in [3.63, 3.8) is 0 Å². The average Bonchev–Trinajstić information content (AvgIpc) is 2.94. The van der Waals surface area contributed by atoms with Crippen LogP contribution in [-0.2, 0) is 6.54 Å². The Balaban J connectivity index is 1.84. The van der Waals surface area contributed by atoms with Crippen LogP contribution in [0.25, 0.3) is 10.9 Å². The molecule has 9 nitrogen and oxygen atoms in total. The van der Waals surface area contributed by atoms with E-state index in [0.717, 1.165) is 5.39 Å². The van der Waals surface area contributed by atoms with Crippen LogP contribution in [0.2, 0.25) is 0 Å². The minimum atomic E-state index is -0.377. The molecule has 9 heteroatoms. The smallest absolute Gasteiger partial charge is 0.258 e. The molecule has 4 aromatic rings. The van der Waals surface area contributed by atoms with Gasteiger partial charge in [-0.05, 0) is 48.5 Å². The molecule has 37 heavy (non-hydrogen) atoms. The van der Waals surface area contributed by atoms with Crippen LogP contribution in [0, 0.1) is 0 Å². The Morgan fingerprint density at radius 2 is 1.46 bits per heavy atom. The maximum Gasteiger partial charge on any atom is 0.258 e. The van der Waals surface area contributed by atoms with Crippen LogP contribution in [0.5, 0.6) is 28.7 Å². The first-order chi connectivity index (χ1) is 17.9. The number of aromatic amines is 1. The van der Waals surface area contributed by atoms with E-state index < -0.39 is 0 Å². The highest BCUT2D eigenvalue weighted by Crippen LogP contribution is 2.39. The van der Waals surface area contributed by atoms with Gasteiger partial charge in [-0.1, -0.05) is 6.07 Å². The number of carbonyl (C=O) groups is 1. The van der Waals surface area contributed by atoms with Crippen LogP contribution in [0.1, 0.15) is 15.9 Å². The summed E-state index contributed by atoms with van der Waals surface area (Å²) in [5, 5.41) is 0.778. The summed E-state index contributed by atoms with van der Waals surface area (Å²) in [5.74, 6) is 1.89. The number of carbonyl (C=O) groups excluding carboxylic acids is 1. The van der Waals surface area contributed by atoms with Crippen molar-refractivity contribution in [3.05, 3.63) is 82.1 Å². The van der Waals surface area contributed by atoms with Crippen molar-refractivity contribution in [2.45, 2.75) is 6.54 Å². The Morgan fingerprint density at radius 1 is 0.784 bits per heavy atom. The molecule has 0 radical (unpaired) electrons. The summed E-state index contributed by atoms with van der Waals surface area (Å²) in [6.07, 6.45) is 0. The van der Waals surface area contributed by atoms with Gasteiger partial charge >= 0.3 is 0 Å². The molecule has 0 aliphatic rings. The number of hydrogen-bond acceptors (Lipinski definition) is 7. The van der Waals surface area contributed by atoms with Crippen LogP contribution in [-0.4, -0.2) is 46.4 Å². The minimum Gasteiger partial charge on any atom is -0.497 e. The van der Waals surface area contributed by atoms with Gasteiger partial charge in [0.2, 0.25) is 5.75 Å². The van der Waals surface area contributed by atoms with Gasteiger partial charge in [0, 0.05) is 33.8 Å². The normalized spacial score (nSPS) is 10.6. The number of ether oxygens (including phenoxy) is 5. The largest absolute Gasteiger partial charge is 0.497 e. The molecule has 0 atom stereocenters. The Hall–Kier alpha value is -4.66. The van der Waals surface area contributed by atoms with Gasteiger partial charge in [0.15, 0.2) is 11.5 Å². The van der Waals surface area contributed by atoms with E-state index >= 15 is 0 Å². The summed E-state index contributed by atoms with van der Waals surface area (Å²) in [7, 11) is 7.58. The molecule has 0 bridgehead atoms. The molecule has 4 rings (SSSR count). The number of hydrogen-bond donors (Lipinski definition) is 1. The molecule has 0 unspecified atom stereocenters. The van der Waals surface area contributed by atoms with Crippen LogP contribution in [0.3, 0.4) is 0 Å². The molecule has 0 saturated heterocycles. The number of nitrogens with one attached hydrogen (secondary N) is 1. The maximum absolute atomic E-state index is 14.0. The van der Waals surface area contributed by atoms with Crippen molar-refractivity contribution in [2.24, 2.45) is 0 Å². The first kappa shape index (κ1) is 25.4. The number of rotatable bonds is 9. The molecule has 0 spiro atoms. The van der Waals surface area contributed by atoms with Crippen LogP contribution < -0.4 is 34.1 Å². The molecule has 1 heterocycles. The third kappa shape index (κ3) is 5.16. The van der Waals surface area contributed by atoms with Gasteiger partial charge in [0.1, 0.15) is 11.5 Å². The van der Waals surface area contributed by atoms with Crippen LogP contribution in [0.15, 0.2) is 65.5 Å². The molecule has 192 valence electrons. The summed E-state index contributed by atoms with van der Waals surface area (Å²) >= 11 is 0. The van der Waals surface area contributed by atoms with Gasteiger partial charge in [-0.2, -0.15) is 0 Å². The summed E-state index contributed by atoms with van der Waals surface area (Å²) in [6, 6.07) is 17.3. The van der Waals surface area contributed by atoms with Crippen molar-refractivity contribution < 1.29 is 28.5 Å². The lowest BCUT2D eigenvalue weighted by atomic mass is 10.1. The van der Waals surface area contributed by atoms with E-state index in [0.29, 0.717) is 45.5 Å². The van der Waals surface area contributed by atoms with Crippen molar-refractivity contribution in [3.8, 4) is 28.7 Å². The van der Waals surface area contributed by atoms with E-state index in [4.69, 9.17) is 23.7 Å². The van der Waals surface area contributed by atoms with Crippen molar-refractivity contribution in [2.75, 3.05) is 40.4 Å². The molecule has 0 aliphatic heterocycles. The highest BCUT2D eigenvalue weighted by atomic mass is 16.5. The van der Waals surface area contributed by atoms with Gasteiger partial charge in [0.25, 0.3) is 11.5 Å². The third-order valence-corrected chi connectivity index (χ3v) is 5.98. The number of amides is 1. The summed E-state index contributed by atoms with van der Waals surface area (Å²) in [6.45, 7) is -0.00879. The topological polar surface area (TPSA) is 99.3 Å². The SMILES string of the molecule is COc1cccc(N(Cc2cc3cc(OC)ccc3[nH]c2=O)C(=O)c2cc(OC)c(OC)c(OC)c2)c1. The maximum atomic E-state index is 14.0. The van der Waals surface area contributed by atoms with Gasteiger partial charge in [-0.25, -0.2) is 0 Å². The summed E-state index contributed by atoms with van der Waals surface area (Å²) in [5.41, 5.74) is 1.59. The highest BCUT2D eigenvalue weighted by Gasteiger charge is 2.24. The number of methoxy groups -OCH3 is 5. The number of pyridine rings is 1. The second-order valence-corrected chi connectivity index (χ2v) is 8.08. The molecule has 1 aromatic heterocycles. The Labute approximate surface area is 214 Å². The molecule has 3 aromatic carbocycles. The lowest BCUT2D eigenvalue weighted by molar-refractivity contribution is 0.0984. The average molecular weight is 505 g/mol. The third-order valence-electron chi connectivity index (χ3n) is 5.98. The monoisotopic (exact) mass is 504 g/mol. The fourth-order valence-electron chi connectivity index (χ4n) is 4.06. The van der Waals surface area contributed by atoms with E-state index in [1.165, 1.54) is 26.2 Å². The first-order valence-electron chi connectivity index (χ1n) is 11.4. The molecule has 0 fully saturated rings. The molecular weight excluding hydrogens is 476 g/mol. The van der Waals surface area contributed by atoms with Crippen LogP contribution in [0.4, 0.5) is 5.69 Å². The lowest BCUT2D eigenvalue weighted by Crippen LogP contribution is -2.33. The zero-order chi connectivity index (χ0) is 26.5. The fourth-order valence-corrected chi connectivity index (χ4v) is 4.06. The Bertz CT molecular complexity index is 1470. The molecule has 0 saturated carbocycles. The molecule has 0 aliphatic carbocycles. The molecule has 1 N–H and O–H groups in total. The lowest BCUT2D eigenvalue weighted by Gasteiger charge is -2.24. The predicted molar refractivity (Wildman–Crippen MR) is 141 cm³/mol. The molecule has 1 amide bonds. The van der Waals surface area contributed by atoms with E-state index in [1.54, 1.807) is 68.8 Å². The number of aromatic nitrogens is 1. The quantitative estimate of drug-likeness (QED) is 0.360. The fraction of sp³-hybridized carbons (Fsp3) is 0.214. The van der Waals surface area contributed by atoms with Crippen molar-refractivity contribution in [1.82, 2.24) is 4.98 Å². The number of fused-ring (bicyclic) bond motifs is 1. The van der Waals surface area contributed by atoms with Crippen molar-refractivity contribution >= 4 is 22.5 Å². The van der Waals surface area contributed by atoms with E-state index in [1.807, 2.05) is 6.07 Å². The Morgan fingerprint density at radius 3 is 2.08 bits per heavy atom. The summed E-state index contributed by atoms with van der Waals surface area (Å²) in [4.78, 5) is 31.4. The zero-order valence-electron chi connectivity index (χ0n) is 21.3. The van der Waals surface area contributed by atoms with E-state index in [-0.39, 0.29) is 23.6 Å². The standard InChI is InChI=1S/C28H28N2O7/c1-33-21-8-6-7-20(15-21)30(28(32)18-13-24(35-3)26(37-5)25(14-18)36-4)16-19-11-17-12-22(34-2)9-10-23(17)29-27(19)31/h6-15H,16H2,1-5H3,(H,29,31). The predicted octanol–water partition coefficient (Wildman–Crippen LogP) is 4.42. The van der Waals surface area contributed by atoms with Crippen LogP contribution >= 0.6 is 0 Å². The highest BCUT2D eigenvalue weighted by molar-refractivity contribution is 6.07. The zero-order valence-corrected chi connectivity index (χ0v) is 21.3. The summed E-state index contributed by atoms with van der Waals surface area (Å²) < 4.78 is 27.0. The van der Waals surface area contributed by atoms with Gasteiger partial charge in [-0.15, -0.1) is 0 Å². The first-order valence-corrected chi connectivity index (χ1v) is 11.4. The number of H-pyrrole nitrogens is 1. The number of anilines is 1. The van der Waals surface area contributed by atoms with Crippen molar-refractivity contribution in [1.29, 1.82) is 0 Å². The number of benzene rings is 3. The number of nitrogens with zero attached hydrogens (tertiary/aromatic N) is 1. The van der Waals surface area contributed by atoms with Gasteiger partial charge in [-0.3, -0.25) is 9.59 Å². The van der Waals surface area contributed by atoms with Gasteiger partial charge < -0.3 is 33.6 Å². The van der Waals surface area contributed by atoms with E-state index in [9.17, 15) is 9.59 Å². The van der Waals surface area contributed by atoms with Gasteiger partial charge in [0.05, 0.1) is 42.1 Å². The Kier molecular flexibility index (Phi) is 7.52. The van der Waals surface area contributed by atoms with E-state index in [2.05, 4.69) is 4.98 Å². The minimum absolute atomic E-state index is 0.00879. The second kappa shape index (κ2) is 10.9.